The second-order valence-electron chi connectivity index (χ2n) is 5.59. The van der Waals surface area contributed by atoms with Crippen molar-refractivity contribution in [3.63, 3.8) is 0 Å². The Morgan fingerprint density at radius 2 is 2.14 bits per heavy atom. The number of nitrogens with one attached hydrogen (secondary N) is 1. The zero-order valence-corrected chi connectivity index (χ0v) is 12.4. The molecule has 22 heavy (non-hydrogen) atoms. The van der Waals surface area contributed by atoms with Gasteiger partial charge in [-0.05, 0) is 18.6 Å². The van der Waals surface area contributed by atoms with Crippen LogP contribution in [0.25, 0.3) is 0 Å². The van der Waals surface area contributed by atoms with E-state index in [0.29, 0.717) is 18.7 Å². The van der Waals surface area contributed by atoms with Crippen LogP contribution in [0.4, 0.5) is 13.2 Å². The highest BCUT2D eigenvalue weighted by atomic mass is 32.2. The number of fused-ring (bicyclic) bond motifs is 3. The Kier molecular flexibility index (Phi) is 3.42. The average molecular weight is 337 g/mol. The first-order valence-corrected chi connectivity index (χ1v) is 8.02. The smallest absolute Gasteiger partial charge is 0.376 e. The Morgan fingerprint density at radius 1 is 1.41 bits per heavy atom. The second kappa shape index (κ2) is 4.84. The maximum atomic E-state index is 12.5. The maximum absolute atomic E-state index is 12.5. The van der Waals surface area contributed by atoms with Crippen molar-refractivity contribution in [3.05, 3.63) is 29.3 Å². The molecular formula is C13H14F3NO4S. The molecule has 5 nitrogen and oxygen atoms in total. The van der Waals surface area contributed by atoms with Crippen molar-refractivity contribution in [2.45, 2.75) is 30.6 Å². The van der Waals surface area contributed by atoms with Gasteiger partial charge in [-0.15, -0.1) is 0 Å². The predicted molar refractivity (Wildman–Crippen MR) is 70.8 cm³/mol. The summed E-state index contributed by atoms with van der Waals surface area (Å²) in [4.78, 5) is 0. The van der Waals surface area contributed by atoms with Gasteiger partial charge in [0, 0.05) is 24.6 Å². The Labute approximate surface area is 125 Å². The third kappa shape index (κ3) is 2.37. The summed E-state index contributed by atoms with van der Waals surface area (Å²) >= 11 is 0. The normalized spacial score (nSPS) is 28.1. The topological polar surface area (TPSA) is 64.6 Å². The van der Waals surface area contributed by atoms with E-state index >= 15 is 0 Å². The van der Waals surface area contributed by atoms with Crippen LogP contribution in [-0.4, -0.2) is 32.6 Å². The summed E-state index contributed by atoms with van der Waals surface area (Å²) in [6.45, 7) is 3.16. The first-order valence-electron chi connectivity index (χ1n) is 6.61. The molecule has 0 amide bonds. The fourth-order valence-corrected chi connectivity index (χ4v) is 3.43. The second-order valence-corrected chi connectivity index (χ2v) is 7.13. The largest absolute Gasteiger partial charge is 0.534 e. The Balaban J connectivity index is 2.00. The van der Waals surface area contributed by atoms with Gasteiger partial charge < -0.3 is 14.2 Å². The van der Waals surface area contributed by atoms with Crippen LogP contribution in [0.5, 0.6) is 5.75 Å². The highest BCUT2D eigenvalue weighted by Crippen LogP contribution is 2.44. The van der Waals surface area contributed by atoms with Crippen LogP contribution in [0.3, 0.4) is 0 Å². The first kappa shape index (κ1) is 15.6. The summed E-state index contributed by atoms with van der Waals surface area (Å²) in [5, 5.41) is 3.17. The van der Waals surface area contributed by atoms with E-state index in [0.717, 1.165) is 5.56 Å². The van der Waals surface area contributed by atoms with Crippen molar-refractivity contribution in [2.75, 3.05) is 13.1 Å². The number of halogens is 3. The number of rotatable bonds is 2. The molecular weight excluding hydrogens is 323 g/mol. The van der Waals surface area contributed by atoms with Gasteiger partial charge in [-0.25, -0.2) is 0 Å². The van der Waals surface area contributed by atoms with Crippen molar-refractivity contribution in [3.8, 4) is 5.75 Å². The van der Waals surface area contributed by atoms with Gasteiger partial charge in [-0.1, -0.05) is 12.1 Å². The SMILES string of the molecule is C[C@]12CNC[C@@H]1c1cccc(OS(=O)(=O)C(F)(F)F)c1CO2. The highest BCUT2D eigenvalue weighted by molar-refractivity contribution is 7.88. The van der Waals surface area contributed by atoms with Gasteiger partial charge in [0.05, 0.1) is 12.2 Å². The number of benzene rings is 1. The van der Waals surface area contributed by atoms with Crippen molar-refractivity contribution < 1.29 is 30.5 Å². The van der Waals surface area contributed by atoms with Crippen LogP contribution >= 0.6 is 0 Å². The van der Waals surface area contributed by atoms with E-state index in [-0.39, 0.29) is 18.3 Å². The molecule has 1 aromatic rings. The van der Waals surface area contributed by atoms with Gasteiger partial charge in [0.15, 0.2) is 0 Å². The number of ether oxygens (including phenoxy) is 1. The van der Waals surface area contributed by atoms with E-state index in [1.54, 1.807) is 6.07 Å². The van der Waals surface area contributed by atoms with Crippen LogP contribution in [0.15, 0.2) is 18.2 Å². The van der Waals surface area contributed by atoms with Crippen molar-refractivity contribution in [1.82, 2.24) is 5.32 Å². The zero-order valence-electron chi connectivity index (χ0n) is 11.6. The lowest BCUT2D eigenvalue weighted by Crippen LogP contribution is -2.40. The number of hydrogen-bond acceptors (Lipinski definition) is 5. The molecule has 9 heteroatoms. The first-order chi connectivity index (χ1) is 10.1. The van der Waals surface area contributed by atoms with Gasteiger partial charge in [0.1, 0.15) is 5.75 Å². The van der Waals surface area contributed by atoms with E-state index in [1.165, 1.54) is 12.1 Å². The molecule has 2 aliphatic rings. The average Bonchev–Trinajstić information content (AvgIpc) is 2.79. The lowest BCUT2D eigenvalue weighted by atomic mass is 9.81. The van der Waals surface area contributed by atoms with E-state index in [9.17, 15) is 21.6 Å². The molecule has 1 saturated heterocycles. The summed E-state index contributed by atoms with van der Waals surface area (Å²) in [5.74, 6) is -0.392. The summed E-state index contributed by atoms with van der Waals surface area (Å²) in [6.07, 6.45) is 0. The standard InChI is InChI=1S/C13H14F3NO4S/c1-12-7-17-5-10(12)8-3-2-4-11(9(8)6-20-12)21-22(18,19)13(14,15)16/h2-4,10,17H,5-7H2,1H3/t10-,12+/m1/s1. The maximum Gasteiger partial charge on any atom is 0.534 e. The molecule has 122 valence electrons. The monoisotopic (exact) mass is 337 g/mol. The minimum Gasteiger partial charge on any atom is -0.376 e. The highest BCUT2D eigenvalue weighted by Gasteiger charge is 2.50. The molecule has 0 bridgehead atoms. The summed E-state index contributed by atoms with van der Waals surface area (Å²) < 4.78 is 69.8. The third-order valence-electron chi connectivity index (χ3n) is 4.14. The molecule has 3 rings (SSSR count). The van der Waals surface area contributed by atoms with Crippen LogP contribution in [-0.2, 0) is 21.5 Å². The van der Waals surface area contributed by atoms with E-state index in [2.05, 4.69) is 9.50 Å². The molecule has 0 aromatic heterocycles. The van der Waals surface area contributed by atoms with Gasteiger partial charge in [-0.3, -0.25) is 0 Å². The van der Waals surface area contributed by atoms with Gasteiger partial charge >= 0.3 is 15.6 Å². The fraction of sp³-hybridized carbons (Fsp3) is 0.538. The van der Waals surface area contributed by atoms with Crippen molar-refractivity contribution in [1.29, 1.82) is 0 Å². The molecule has 0 radical (unpaired) electrons. The fourth-order valence-electron chi connectivity index (χ4n) is 2.94. The summed E-state index contributed by atoms with van der Waals surface area (Å²) in [6, 6.07) is 4.46. The van der Waals surface area contributed by atoms with Crippen LogP contribution < -0.4 is 9.50 Å². The summed E-state index contributed by atoms with van der Waals surface area (Å²) in [7, 11) is -5.69. The van der Waals surface area contributed by atoms with Gasteiger partial charge in [-0.2, -0.15) is 21.6 Å². The molecule has 1 aromatic carbocycles. The molecule has 0 aliphatic carbocycles. The Bertz CT molecular complexity index is 704. The molecule has 2 aliphatic heterocycles. The molecule has 2 heterocycles. The van der Waals surface area contributed by atoms with Crippen LogP contribution in [0.2, 0.25) is 0 Å². The van der Waals surface area contributed by atoms with E-state index in [1.807, 2.05) is 6.92 Å². The molecule has 1 fully saturated rings. The lowest BCUT2D eigenvalue weighted by Gasteiger charge is -2.37. The van der Waals surface area contributed by atoms with Gasteiger partial charge in [0.2, 0.25) is 0 Å². The number of alkyl halides is 3. The van der Waals surface area contributed by atoms with Crippen molar-refractivity contribution in [2.24, 2.45) is 0 Å². The predicted octanol–water partition coefficient (Wildman–Crippen LogP) is 1.89. The van der Waals surface area contributed by atoms with Crippen molar-refractivity contribution >= 4 is 10.1 Å². The van der Waals surface area contributed by atoms with E-state index in [4.69, 9.17) is 4.74 Å². The lowest BCUT2D eigenvalue weighted by molar-refractivity contribution is -0.0546. The molecule has 0 saturated carbocycles. The molecule has 0 spiro atoms. The van der Waals surface area contributed by atoms with Gasteiger partial charge in [0.25, 0.3) is 0 Å². The van der Waals surface area contributed by atoms with Crippen LogP contribution in [0, 0.1) is 0 Å². The van der Waals surface area contributed by atoms with Crippen LogP contribution in [0.1, 0.15) is 24.0 Å². The Hall–Kier alpha value is -1.32. The number of hydrogen-bond donors (Lipinski definition) is 1. The minimum absolute atomic E-state index is 0.00750. The zero-order chi connectivity index (χ0) is 16.2. The summed E-state index contributed by atoms with van der Waals surface area (Å²) in [5.41, 5.74) is -4.81. The molecule has 1 N–H and O–H groups in total. The minimum atomic E-state index is -5.69. The molecule has 2 atom stereocenters. The molecule has 0 unspecified atom stereocenters. The third-order valence-corrected chi connectivity index (χ3v) is 5.10. The quantitative estimate of drug-likeness (QED) is 0.659. The Morgan fingerprint density at radius 3 is 2.82 bits per heavy atom. The van der Waals surface area contributed by atoms with E-state index < -0.39 is 21.2 Å².